The SMILES string of the molecule is C/C=C\O/C=C\C.OCCCCCCO. The second-order valence-electron chi connectivity index (χ2n) is 2.94. The van der Waals surface area contributed by atoms with Gasteiger partial charge in [0.2, 0.25) is 0 Å². The Kier molecular flexibility index (Phi) is 20.9. The molecule has 0 saturated heterocycles. The minimum atomic E-state index is 0.283. The molecular weight excluding hydrogens is 192 g/mol. The van der Waals surface area contributed by atoms with Gasteiger partial charge in [0.1, 0.15) is 0 Å². The molecule has 0 spiro atoms. The standard InChI is InChI=1S/C6H14O2.C6H10O/c7-5-3-1-2-4-6-8;1-3-5-7-6-4-2/h7-8H,1-6H2;3-6H,1-2H3/b;5-3-,6-4-. The molecule has 90 valence electrons. The van der Waals surface area contributed by atoms with E-state index in [1.807, 2.05) is 26.0 Å². The number of rotatable bonds is 7. The molecule has 0 aliphatic heterocycles. The van der Waals surface area contributed by atoms with Crippen molar-refractivity contribution >= 4 is 0 Å². The number of allylic oxidation sites excluding steroid dienone is 2. The van der Waals surface area contributed by atoms with Gasteiger partial charge in [0.25, 0.3) is 0 Å². The van der Waals surface area contributed by atoms with Crippen LogP contribution in [-0.4, -0.2) is 23.4 Å². The Bertz CT molecular complexity index is 126. The van der Waals surface area contributed by atoms with Crippen molar-refractivity contribution in [1.82, 2.24) is 0 Å². The van der Waals surface area contributed by atoms with E-state index in [0.717, 1.165) is 25.7 Å². The van der Waals surface area contributed by atoms with Crippen molar-refractivity contribution in [3.8, 4) is 0 Å². The molecule has 0 aromatic rings. The predicted octanol–water partition coefficient (Wildman–Crippen LogP) is 2.60. The Balaban J connectivity index is 0. The molecule has 2 N–H and O–H groups in total. The molecule has 0 atom stereocenters. The highest BCUT2D eigenvalue weighted by molar-refractivity contribution is 4.73. The number of ether oxygens (including phenoxy) is 1. The van der Waals surface area contributed by atoms with Gasteiger partial charge < -0.3 is 14.9 Å². The fraction of sp³-hybridized carbons (Fsp3) is 0.667. The van der Waals surface area contributed by atoms with Gasteiger partial charge in [-0.05, 0) is 26.7 Å². The van der Waals surface area contributed by atoms with E-state index in [1.165, 1.54) is 0 Å². The van der Waals surface area contributed by atoms with Gasteiger partial charge in [0.15, 0.2) is 0 Å². The van der Waals surface area contributed by atoms with Crippen LogP contribution < -0.4 is 0 Å². The topological polar surface area (TPSA) is 49.7 Å². The lowest BCUT2D eigenvalue weighted by Gasteiger charge is -1.93. The number of unbranched alkanes of at least 4 members (excludes halogenated alkanes) is 3. The van der Waals surface area contributed by atoms with Gasteiger partial charge in [-0.15, -0.1) is 0 Å². The van der Waals surface area contributed by atoms with Crippen LogP contribution >= 0.6 is 0 Å². The molecule has 0 aromatic heterocycles. The maximum absolute atomic E-state index is 8.30. The third kappa shape index (κ3) is 24.6. The molecular formula is C12H24O3. The maximum atomic E-state index is 8.30. The first-order valence-electron chi connectivity index (χ1n) is 5.43. The molecule has 0 aliphatic rings. The molecule has 15 heavy (non-hydrogen) atoms. The van der Waals surface area contributed by atoms with Crippen molar-refractivity contribution in [3.05, 3.63) is 24.7 Å². The van der Waals surface area contributed by atoms with E-state index in [4.69, 9.17) is 14.9 Å². The summed E-state index contributed by atoms with van der Waals surface area (Å²) in [5.74, 6) is 0. The fourth-order valence-corrected chi connectivity index (χ4v) is 0.780. The van der Waals surface area contributed by atoms with Crippen LogP contribution in [0.4, 0.5) is 0 Å². The van der Waals surface area contributed by atoms with E-state index < -0.39 is 0 Å². The van der Waals surface area contributed by atoms with E-state index in [9.17, 15) is 0 Å². The predicted molar refractivity (Wildman–Crippen MR) is 63.4 cm³/mol. The summed E-state index contributed by atoms with van der Waals surface area (Å²) in [7, 11) is 0. The van der Waals surface area contributed by atoms with Crippen molar-refractivity contribution in [3.63, 3.8) is 0 Å². The van der Waals surface area contributed by atoms with E-state index in [1.54, 1.807) is 12.5 Å². The highest BCUT2D eigenvalue weighted by atomic mass is 16.5. The zero-order valence-corrected chi connectivity index (χ0v) is 9.85. The monoisotopic (exact) mass is 216 g/mol. The lowest BCUT2D eigenvalue weighted by molar-refractivity contribution is 0.265. The van der Waals surface area contributed by atoms with Gasteiger partial charge in [0, 0.05) is 13.2 Å². The van der Waals surface area contributed by atoms with Crippen molar-refractivity contribution in [2.24, 2.45) is 0 Å². The van der Waals surface area contributed by atoms with Gasteiger partial charge in [-0.2, -0.15) is 0 Å². The first-order valence-corrected chi connectivity index (χ1v) is 5.43. The molecule has 3 nitrogen and oxygen atoms in total. The van der Waals surface area contributed by atoms with Crippen molar-refractivity contribution in [2.75, 3.05) is 13.2 Å². The molecule has 0 bridgehead atoms. The van der Waals surface area contributed by atoms with E-state index in [0.29, 0.717) is 0 Å². The third-order valence-electron chi connectivity index (χ3n) is 1.50. The fourth-order valence-electron chi connectivity index (χ4n) is 0.780. The van der Waals surface area contributed by atoms with Crippen LogP contribution in [0.15, 0.2) is 24.7 Å². The first kappa shape index (κ1) is 16.6. The van der Waals surface area contributed by atoms with E-state index in [-0.39, 0.29) is 13.2 Å². The summed E-state index contributed by atoms with van der Waals surface area (Å²) in [5, 5.41) is 16.6. The van der Waals surface area contributed by atoms with Crippen LogP contribution in [0, 0.1) is 0 Å². The minimum Gasteiger partial charge on any atom is -0.473 e. The summed E-state index contributed by atoms with van der Waals surface area (Å²) in [6.07, 6.45) is 10.7. The zero-order valence-electron chi connectivity index (χ0n) is 9.85. The Morgan fingerprint density at radius 2 is 1.20 bits per heavy atom. The van der Waals surface area contributed by atoms with E-state index >= 15 is 0 Å². The van der Waals surface area contributed by atoms with Crippen LogP contribution in [0.3, 0.4) is 0 Å². The second-order valence-corrected chi connectivity index (χ2v) is 2.94. The zero-order chi connectivity index (χ0) is 11.8. The van der Waals surface area contributed by atoms with Crippen molar-refractivity contribution in [1.29, 1.82) is 0 Å². The van der Waals surface area contributed by atoms with Gasteiger partial charge in [-0.3, -0.25) is 0 Å². The normalized spacial score (nSPS) is 10.4. The average molecular weight is 216 g/mol. The summed E-state index contributed by atoms with van der Waals surface area (Å²) < 4.78 is 4.77. The highest BCUT2D eigenvalue weighted by Crippen LogP contribution is 1.96. The van der Waals surface area contributed by atoms with Crippen LogP contribution in [0.5, 0.6) is 0 Å². The molecule has 0 aromatic carbocycles. The van der Waals surface area contributed by atoms with Gasteiger partial charge in [-0.25, -0.2) is 0 Å². The molecule has 3 heteroatoms. The van der Waals surface area contributed by atoms with E-state index in [2.05, 4.69) is 0 Å². The number of hydrogen-bond acceptors (Lipinski definition) is 3. The number of aliphatic hydroxyl groups is 2. The Morgan fingerprint density at radius 3 is 1.47 bits per heavy atom. The molecule has 0 aliphatic carbocycles. The van der Waals surface area contributed by atoms with Gasteiger partial charge in [-0.1, -0.05) is 25.0 Å². The maximum Gasteiger partial charge on any atom is 0.0858 e. The Morgan fingerprint density at radius 1 is 0.800 bits per heavy atom. The van der Waals surface area contributed by atoms with Crippen LogP contribution in [0.2, 0.25) is 0 Å². The summed E-state index contributed by atoms with van der Waals surface area (Å²) in [6.45, 7) is 4.38. The Hall–Kier alpha value is -0.800. The summed E-state index contributed by atoms with van der Waals surface area (Å²) in [4.78, 5) is 0. The number of hydrogen-bond donors (Lipinski definition) is 2. The minimum absolute atomic E-state index is 0.283. The molecule has 0 saturated carbocycles. The molecule has 0 amide bonds. The summed E-state index contributed by atoms with van der Waals surface area (Å²) >= 11 is 0. The molecule has 0 radical (unpaired) electrons. The Labute approximate surface area is 93.1 Å². The van der Waals surface area contributed by atoms with Crippen molar-refractivity contribution < 1.29 is 14.9 Å². The lowest BCUT2D eigenvalue weighted by Crippen LogP contribution is -1.85. The summed E-state index contributed by atoms with van der Waals surface area (Å²) in [6, 6.07) is 0. The molecule has 0 unspecified atom stereocenters. The quantitative estimate of drug-likeness (QED) is 0.508. The smallest absolute Gasteiger partial charge is 0.0858 e. The molecule has 0 fully saturated rings. The van der Waals surface area contributed by atoms with Gasteiger partial charge >= 0.3 is 0 Å². The largest absolute Gasteiger partial charge is 0.473 e. The van der Waals surface area contributed by atoms with Crippen LogP contribution in [0.1, 0.15) is 39.5 Å². The highest BCUT2D eigenvalue weighted by Gasteiger charge is 1.84. The van der Waals surface area contributed by atoms with Crippen LogP contribution in [-0.2, 0) is 4.74 Å². The third-order valence-corrected chi connectivity index (χ3v) is 1.50. The average Bonchev–Trinajstić information content (AvgIpc) is 2.26. The lowest BCUT2D eigenvalue weighted by atomic mass is 10.2. The van der Waals surface area contributed by atoms with Crippen molar-refractivity contribution in [2.45, 2.75) is 39.5 Å². The van der Waals surface area contributed by atoms with Gasteiger partial charge in [0.05, 0.1) is 12.5 Å². The second kappa shape index (κ2) is 18.9. The molecule has 0 rings (SSSR count). The van der Waals surface area contributed by atoms with Crippen LogP contribution in [0.25, 0.3) is 0 Å². The molecule has 0 heterocycles. The first-order chi connectivity index (χ1) is 7.33. The number of aliphatic hydroxyl groups excluding tert-OH is 2. The summed E-state index contributed by atoms with van der Waals surface area (Å²) in [5.41, 5.74) is 0.